The summed E-state index contributed by atoms with van der Waals surface area (Å²) in [7, 11) is -3.62. The first-order valence-electron chi connectivity index (χ1n) is 12.5. The Kier molecular flexibility index (Phi) is 9.35. The molecule has 1 unspecified atom stereocenters. The van der Waals surface area contributed by atoms with E-state index in [-0.39, 0.29) is 48.3 Å². The third-order valence-corrected chi connectivity index (χ3v) is 9.26. The molecule has 2 amide bonds. The molecular weight excluding hydrogens is 563 g/mol. The zero-order chi connectivity index (χ0) is 28.2. The minimum Gasteiger partial charge on any atom is -0.463 e. The molecule has 2 aromatic rings. The number of benzene rings is 2. The number of ether oxygens (including phenoxy) is 1. The molecule has 0 aliphatic carbocycles. The van der Waals surface area contributed by atoms with Crippen molar-refractivity contribution in [2.75, 3.05) is 45.9 Å². The van der Waals surface area contributed by atoms with Crippen molar-refractivity contribution >= 4 is 45.2 Å². The van der Waals surface area contributed by atoms with E-state index in [1.807, 2.05) is 4.90 Å². The molecule has 0 aromatic heterocycles. The summed E-state index contributed by atoms with van der Waals surface area (Å²) in [6.07, 6.45) is 1.58. The van der Waals surface area contributed by atoms with E-state index >= 15 is 0 Å². The lowest BCUT2D eigenvalue weighted by Gasteiger charge is -2.40. The number of sulfonamides is 1. The number of esters is 1. The van der Waals surface area contributed by atoms with Crippen LogP contribution in [-0.4, -0.2) is 80.4 Å². The van der Waals surface area contributed by atoms with Gasteiger partial charge in [0.2, 0.25) is 10.0 Å². The van der Waals surface area contributed by atoms with E-state index in [1.165, 1.54) is 9.21 Å². The van der Waals surface area contributed by atoms with Crippen molar-refractivity contribution in [1.82, 2.24) is 19.4 Å². The number of hydrogen-bond acceptors (Lipinski definition) is 6. The molecule has 2 aliphatic heterocycles. The largest absolute Gasteiger partial charge is 0.463 e. The maximum absolute atomic E-state index is 13.3. The van der Waals surface area contributed by atoms with E-state index in [1.54, 1.807) is 61.5 Å². The van der Waals surface area contributed by atoms with E-state index in [0.717, 1.165) is 0 Å². The van der Waals surface area contributed by atoms with Crippen molar-refractivity contribution in [3.05, 3.63) is 88.1 Å². The number of rotatable bonds is 9. The smallest absolute Gasteiger partial charge is 0.338 e. The van der Waals surface area contributed by atoms with Gasteiger partial charge in [-0.05, 0) is 36.8 Å². The molecule has 1 atom stereocenters. The van der Waals surface area contributed by atoms with Gasteiger partial charge in [-0.15, -0.1) is 6.58 Å². The second-order valence-corrected chi connectivity index (χ2v) is 11.8. The topological polar surface area (TPSA) is 99.3 Å². The van der Waals surface area contributed by atoms with Gasteiger partial charge in [-0.1, -0.05) is 53.5 Å². The summed E-state index contributed by atoms with van der Waals surface area (Å²) in [5.74, 6) is -0.567. The third-order valence-electron chi connectivity index (χ3n) is 6.61. The highest BCUT2D eigenvalue weighted by Crippen LogP contribution is 2.35. The second kappa shape index (κ2) is 12.5. The van der Waals surface area contributed by atoms with Gasteiger partial charge in [0.05, 0.1) is 33.2 Å². The zero-order valence-corrected chi connectivity index (χ0v) is 23.8. The first-order chi connectivity index (χ1) is 18.7. The quantitative estimate of drug-likeness (QED) is 0.348. The number of nitrogens with zero attached hydrogens (tertiary/aromatic N) is 3. The third kappa shape index (κ3) is 6.31. The van der Waals surface area contributed by atoms with Crippen molar-refractivity contribution in [3.63, 3.8) is 0 Å². The molecule has 0 saturated carbocycles. The monoisotopic (exact) mass is 592 g/mol. The predicted molar refractivity (Wildman–Crippen MR) is 150 cm³/mol. The Morgan fingerprint density at radius 1 is 1.10 bits per heavy atom. The van der Waals surface area contributed by atoms with E-state index in [4.69, 9.17) is 27.9 Å². The molecule has 9 nitrogen and oxygen atoms in total. The summed E-state index contributed by atoms with van der Waals surface area (Å²) in [4.78, 5) is 30.3. The van der Waals surface area contributed by atoms with Crippen LogP contribution in [0.2, 0.25) is 10.0 Å². The summed E-state index contributed by atoms with van der Waals surface area (Å²) in [6, 6.07) is 12.0. The first-order valence-corrected chi connectivity index (χ1v) is 14.7. The summed E-state index contributed by atoms with van der Waals surface area (Å²) >= 11 is 12.4. The lowest BCUT2D eigenvalue weighted by atomic mass is 9.94. The Morgan fingerprint density at radius 3 is 2.41 bits per heavy atom. The minimum atomic E-state index is -3.62. The van der Waals surface area contributed by atoms with Crippen molar-refractivity contribution in [1.29, 1.82) is 0 Å². The summed E-state index contributed by atoms with van der Waals surface area (Å²) in [5.41, 5.74) is 1.32. The standard InChI is InChI=1S/C27H30Cl2N4O5S/c1-3-12-33-23(18-31-13-15-32(16-14-31)39(36,37)20-8-6-5-7-9-20)24(26(34)38-4-2)25(30-27(33)35)19-10-11-21(28)22(29)17-19/h3,5-11,17,25H,1,4,12-16,18H2,2H3,(H,30,35). The Bertz CT molecular complexity index is 1380. The molecule has 0 spiro atoms. The normalized spacial score (nSPS) is 19.1. The van der Waals surface area contributed by atoms with Gasteiger partial charge in [0.25, 0.3) is 0 Å². The molecule has 2 heterocycles. The van der Waals surface area contributed by atoms with Gasteiger partial charge in [0.15, 0.2) is 0 Å². The molecule has 2 aliphatic rings. The van der Waals surface area contributed by atoms with Crippen LogP contribution in [0.25, 0.3) is 0 Å². The van der Waals surface area contributed by atoms with Crippen molar-refractivity contribution in [2.24, 2.45) is 0 Å². The number of carbonyl (C=O) groups excluding carboxylic acids is 2. The highest BCUT2D eigenvalue weighted by atomic mass is 35.5. The maximum atomic E-state index is 13.3. The summed E-state index contributed by atoms with van der Waals surface area (Å²) < 4.78 is 33.0. The summed E-state index contributed by atoms with van der Waals surface area (Å²) in [5, 5.41) is 3.53. The Morgan fingerprint density at radius 2 is 1.79 bits per heavy atom. The predicted octanol–water partition coefficient (Wildman–Crippen LogP) is 4.07. The van der Waals surface area contributed by atoms with Crippen LogP contribution in [0.1, 0.15) is 18.5 Å². The van der Waals surface area contributed by atoms with Crippen LogP contribution >= 0.6 is 23.2 Å². The molecule has 1 N–H and O–H groups in total. The van der Waals surface area contributed by atoms with E-state index in [9.17, 15) is 18.0 Å². The minimum absolute atomic E-state index is 0.148. The van der Waals surface area contributed by atoms with E-state index in [2.05, 4.69) is 11.9 Å². The molecule has 2 aromatic carbocycles. The van der Waals surface area contributed by atoms with Gasteiger partial charge >= 0.3 is 12.0 Å². The van der Waals surface area contributed by atoms with Crippen LogP contribution < -0.4 is 5.32 Å². The van der Waals surface area contributed by atoms with Crippen molar-refractivity contribution in [3.8, 4) is 0 Å². The number of halogens is 2. The van der Waals surface area contributed by atoms with Gasteiger partial charge in [-0.25, -0.2) is 18.0 Å². The fourth-order valence-corrected chi connectivity index (χ4v) is 6.42. The van der Waals surface area contributed by atoms with Crippen LogP contribution in [-0.2, 0) is 19.6 Å². The van der Waals surface area contributed by atoms with Gasteiger partial charge in [0.1, 0.15) is 0 Å². The Balaban J connectivity index is 1.66. The van der Waals surface area contributed by atoms with Gasteiger partial charge in [0, 0.05) is 45.0 Å². The van der Waals surface area contributed by atoms with Crippen LogP contribution in [0, 0.1) is 0 Å². The average Bonchev–Trinajstić information content (AvgIpc) is 2.93. The molecule has 12 heteroatoms. The molecule has 0 radical (unpaired) electrons. The fourth-order valence-electron chi connectivity index (χ4n) is 4.67. The fraction of sp³-hybridized carbons (Fsp3) is 0.333. The van der Waals surface area contributed by atoms with Gasteiger partial charge < -0.3 is 10.1 Å². The van der Waals surface area contributed by atoms with Gasteiger partial charge in [-0.3, -0.25) is 9.80 Å². The Hall–Kier alpha value is -2.89. The van der Waals surface area contributed by atoms with Crippen molar-refractivity contribution in [2.45, 2.75) is 17.9 Å². The van der Waals surface area contributed by atoms with Gasteiger partial charge in [-0.2, -0.15) is 4.31 Å². The zero-order valence-electron chi connectivity index (χ0n) is 21.5. The maximum Gasteiger partial charge on any atom is 0.338 e. The van der Waals surface area contributed by atoms with Crippen LogP contribution in [0.15, 0.2) is 77.4 Å². The molecule has 1 saturated heterocycles. The van der Waals surface area contributed by atoms with Crippen LogP contribution in [0.5, 0.6) is 0 Å². The van der Waals surface area contributed by atoms with Crippen molar-refractivity contribution < 1.29 is 22.7 Å². The highest BCUT2D eigenvalue weighted by molar-refractivity contribution is 7.89. The van der Waals surface area contributed by atoms with Crippen LogP contribution in [0.4, 0.5) is 4.79 Å². The number of carbonyl (C=O) groups is 2. The Labute approximate surface area is 238 Å². The van der Waals surface area contributed by atoms with E-state index < -0.39 is 28.1 Å². The van der Waals surface area contributed by atoms with Crippen LogP contribution in [0.3, 0.4) is 0 Å². The number of urea groups is 1. The molecule has 208 valence electrons. The SMILES string of the molecule is C=CCN1C(=O)NC(c2ccc(Cl)c(Cl)c2)C(C(=O)OCC)=C1CN1CCN(S(=O)(=O)c2ccccc2)CC1. The highest BCUT2D eigenvalue weighted by Gasteiger charge is 2.39. The number of nitrogens with one attached hydrogen (secondary N) is 1. The number of piperazine rings is 1. The molecular formula is C27H30Cl2N4O5S. The molecule has 0 bridgehead atoms. The number of hydrogen-bond donors (Lipinski definition) is 1. The average molecular weight is 594 g/mol. The molecule has 39 heavy (non-hydrogen) atoms. The number of amides is 2. The lowest BCUT2D eigenvalue weighted by molar-refractivity contribution is -0.139. The first kappa shape index (κ1) is 29.1. The molecule has 1 fully saturated rings. The van der Waals surface area contributed by atoms with E-state index in [0.29, 0.717) is 29.4 Å². The lowest BCUT2D eigenvalue weighted by Crippen LogP contribution is -2.53. The second-order valence-electron chi connectivity index (χ2n) is 9.03. The summed E-state index contributed by atoms with van der Waals surface area (Å²) in [6.45, 7) is 7.37. The molecule has 4 rings (SSSR count).